The highest BCUT2D eigenvalue weighted by atomic mass is 32.3. The fraction of sp³-hybridized carbons (Fsp3) is 0.212. The zero-order valence-corrected chi connectivity index (χ0v) is 37.6. The number of sulfone groups is 2. The van der Waals surface area contributed by atoms with Gasteiger partial charge < -0.3 is 31.5 Å². The Kier molecular flexibility index (Phi) is 17.1. The highest BCUT2D eigenvalue weighted by molar-refractivity contribution is 7.91. The zero-order chi connectivity index (χ0) is 50.1. The number of aromatic carboxylic acids is 1. The smallest absolute Gasteiger partial charge is 0.397 e. The largest absolute Gasteiger partial charge is 0.479 e. The van der Waals surface area contributed by atoms with Crippen LogP contribution in [0.5, 0.6) is 0 Å². The fourth-order valence-electron chi connectivity index (χ4n) is 5.33. The summed E-state index contributed by atoms with van der Waals surface area (Å²) in [5.41, 5.74) is 5.93. The first-order chi connectivity index (χ1) is 31.1. The molecule has 4 aromatic rings. The topological polar surface area (TPSA) is 487 Å². The maximum atomic E-state index is 13.0. The third-order valence-electron chi connectivity index (χ3n) is 8.46. The fourth-order valence-corrected chi connectivity index (χ4v) is 8.94. The minimum atomic E-state index is -5.07. The predicted octanol–water partition coefficient (Wildman–Crippen LogP) is 3.34. The van der Waals surface area contributed by atoms with E-state index in [1.165, 1.54) is 6.07 Å². The number of carbonyl (C=O) groups is 1. The standard InChI is InChI=1S/C33H35N9O20S5/c34-17-60-16-18-1-6-26(65(51,52)53)25(11-18)39-41-31-27(33(45)46)30(40-37-23-12-21(4-2-19(23)14-43)63(47,48)9-7-61-66(54,55)56)28(35)32(29(31)36)42-38-24-13-22(5-3-20(24)15-44)64(49,50)10-8-62-67(57,58)59/h1-6,11-13,17,34,43-44H,7-10,14-16,35-36H2,(H,45,46)(H,51,52,53)(H,54,55,56)(H,57,58,59). The average Bonchev–Trinajstić information content (AvgIpc) is 3.22. The van der Waals surface area contributed by atoms with E-state index < -0.39 is 160 Å². The Labute approximate surface area is 379 Å². The second-order valence-electron chi connectivity index (χ2n) is 12.9. The second-order valence-corrected chi connectivity index (χ2v) is 20.7. The van der Waals surface area contributed by atoms with Crippen LogP contribution >= 0.6 is 0 Å². The number of nitrogens with one attached hydrogen (secondary N) is 1. The van der Waals surface area contributed by atoms with E-state index in [0.29, 0.717) is 6.40 Å². The molecular formula is C33H35N9O20S5. The van der Waals surface area contributed by atoms with Gasteiger partial charge in [-0.05, 0) is 42.0 Å². The summed E-state index contributed by atoms with van der Waals surface area (Å²) >= 11 is 0. The SMILES string of the molecule is N=COCc1ccc(S(=O)(=O)O)c(N=Nc2c(N)c(N=Nc3cc(S(=O)(=O)CCOS(=O)(=O)O)ccc3CO)c(N)c(N=Nc3cc(S(=O)(=O)CCOS(=O)(=O)O)ccc3CO)c2C(=O)O)c1. The van der Waals surface area contributed by atoms with Crippen LogP contribution in [0.2, 0.25) is 0 Å². The van der Waals surface area contributed by atoms with Crippen LogP contribution in [0.4, 0.5) is 45.5 Å². The van der Waals surface area contributed by atoms with E-state index in [4.69, 9.17) is 30.7 Å². The molecule has 0 radical (unpaired) electrons. The van der Waals surface area contributed by atoms with Gasteiger partial charge >= 0.3 is 26.8 Å². The van der Waals surface area contributed by atoms with Crippen molar-refractivity contribution in [3.63, 3.8) is 0 Å². The van der Waals surface area contributed by atoms with Crippen molar-refractivity contribution >= 4 is 108 Å². The molecule has 34 heteroatoms. The summed E-state index contributed by atoms with van der Waals surface area (Å²) in [4.78, 5) is 11.0. The van der Waals surface area contributed by atoms with Crippen molar-refractivity contribution in [3.8, 4) is 0 Å². The van der Waals surface area contributed by atoms with Gasteiger partial charge in [0.1, 0.15) is 39.8 Å². The Morgan fingerprint density at radius 2 is 1.04 bits per heavy atom. The Hall–Kier alpha value is -6.31. The molecule has 0 heterocycles. The third kappa shape index (κ3) is 14.3. The minimum absolute atomic E-state index is 0.100. The number of ether oxygens (including phenoxy) is 1. The zero-order valence-electron chi connectivity index (χ0n) is 33.5. The third-order valence-corrected chi connectivity index (χ3v) is 13.6. The Morgan fingerprint density at radius 3 is 1.43 bits per heavy atom. The Morgan fingerprint density at radius 1 is 0.612 bits per heavy atom. The molecule has 11 N–H and O–H groups in total. The number of hydrogen-bond acceptors (Lipinski definition) is 25. The number of nitrogens with zero attached hydrogens (tertiary/aromatic N) is 6. The average molecular weight is 1040 g/mol. The molecular weight excluding hydrogens is 1000 g/mol. The molecule has 0 aliphatic heterocycles. The van der Waals surface area contributed by atoms with Gasteiger partial charge in [0.15, 0.2) is 26.1 Å². The first-order valence-electron chi connectivity index (χ1n) is 17.7. The van der Waals surface area contributed by atoms with Crippen molar-refractivity contribution in [2.24, 2.45) is 30.7 Å². The Balaban J connectivity index is 2.02. The van der Waals surface area contributed by atoms with Gasteiger partial charge in [-0.3, -0.25) is 19.1 Å². The van der Waals surface area contributed by atoms with Crippen LogP contribution in [0.25, 0.3) is 0 Å². The number of azo groups is 3. The molecule has 0 aliphatic carbocycles. The van der Waals surface area contributed by atoms with Crippen molar-refractivity contribution in [2.75, 3.05) is 36.2 Å². The molecule has 0 atom stereocenters. The second kappa shape index (κ2) is 21.5. The summed E-state index contributed by atoms with van der Waals surface area (Å²) in [5, 5.41) is 60.9. The number of nitrogens with two attached hydrogens (primary N) is 2. The molecule has 67 heavy (non-hydrogen) atoms. The molecule has 0 aliphatic rings. The minimum Gasteiger partial charge on any atom is -0.479 e. The van der Waals surface area contributed by atoms with Crippen LogP contribution in [-0.4, -0.2) is 108 Å². The lowest BCUT2D eigenvalue weighted by Crippen LogP contribution is -2.15. The Bertz CT molecular complexity index is 3260. The number of carboxylic acid groups (broad SMARTS) is 1. The van der Waals surface area contributed by atoms with E-state index in [0.717, 1.165) is 48.5 Å². The van der Waals surface area contributed by atoms with Gasteiger partial charge in [0, 0.05) is 11.1 Å². The number of aliphatic hydroxyl groups is 2. The van der Waals surface area contributed by atoms with Crippen molar-refractivity contribution in [3.05, 3.63) is 76.9 Å². The van der Waals surface area contributed by atoms with Gasteiger partial charge in [-0.2, -0.15) is 30.4 Å². The van der Waals surface area contributed by atoms with Crippen molar-refractivity contribution in [1.29, 1.82) is 5.41 Å². The van der Waals surface area contributed by atoms with E-state index in [2.05, 4.69) is 39.1 Å². The molecule has 0 amide bonds. The molecule has 362 valence electrons. The van der Waals surface area contributed by atoms with E-state index in [1.807, 2.05) is 0 Å². The maximum absolute atomic E-state index is 13.0. The van der Waals surface area contributed by atoms with Gasteiger partial charge in [-0.15, -0.1) is 25.6 Å². The summed E-state index contributed by atoms with van der Waals surface area (Å²) in [6.45, 7) is -4.02. The molecule has 0 saturated carbocycles. The maximum Gasteiger partial charge on any atom is 0.397 e. The van der Waals surface area contributed by atoms with Crippen LogP contribution in [0, 0.1) is 5.41 Å². The summed E-state index contributed by atoms with van der Waals surface area (Å²) in [6.07, 6.45) is 0.557. The van der Waals surface area contributed by atoms with E-state index in [1.54, 1.807) is 0 Å². The van der Waals surface area contributed by atoms with Crippen LogP contribution in [0.1, 0.15) is 27.0 Å². The highest BCUT2D eigenvalue weighted by Gasteiger charge is 2.28. The summed E-state index contributed by atoms with van der Waals surface area (Å²) < 4.78 is 161. The van der Waals surface area contributed by atoms with Crippen molar-refractivity contribution < 1.29 is 89.0 Å². The lowest BCUT2D eigenvalue weighted by molar-refractivity contribution is 0.0698. The predicted molar refractivity (Wildman–Crippen MR) is 228 cm³/mol. The number of nitrogen functional groups attached to an aromatic ring is 2. The van der Waals surface area contributed by atoms with Gasteiger partial charge in [0.2, 0.25) is 0 Å². The molecule has 4 rings (SSSR count). The van der Waals surface area contributed by atoms with Crippen LogP contribution in [0.15, 0.2) is 100.0 Å². The highest BCUT2D eigenvalue weighted by Crippen LogP contribution is 2.49. The number of anilines is 2. The lowest BCUT2D eigenvalue weighted by Gasteiger charge is -2.14. The molecule has 4 aromatic carbocycles. The van der Waals surface area contributed by atoms with Crippen LogP contribution in [0.3, 0.4) is 0 Å². The number of rotatable bonds is 23. The van der Waals surface area contributed by atoms with Crippen molar-refractivity contribution in [1.82, 2.24) is 0 Å². The number of aliphatic hydroxyl groups excluding tert-OH is 2. The van der Waals surface area contributed by atoms with Crippen molar-refractivity contribution in [2.45, 2.75) is 34.5 Å². The summed E-state index contributed by atoms with van der Waals surface area (Å²) in [6, 6.07) is 8.85. The lowest BCUT2D eigenvalue weighted by atomic mass is 10.1. The van der Waals surface area contributed by atoms with Gasteiger partial charge in [-0.1, -0.05) is 18.2 Å². The molecule has 29 nitrogen and oxygen atoms in total. The number of benzene rings is 4. The molecule has 0 bridgehead atoms. The first kappa shape index (κ1) is 53.3. The monoisotopic (exact) mass is 1040 g/mol. The van der Waals surface area contributed by atoms with E-state index in [-0.39, 0.29) is 23.3 Å². The van der Waals surface area contributed by atoms with Gasteiger partial charge in [0.05, 0.1) is 70.5 Å². The number of carboxylic acids is 1. The van der Waals surface area contributed by atoms with E-state index >= 15 is 0 Å². The molecule has 0 fully saturated rings. The summed E-state index contributed by atoms with van der Waals surface area (Å²) in [7, 11) is -24.0. The first-order valence-corrected chi connectivity index (χ1v) is 25.2. The van der Waals surface area contributed by atoms with Crippen LogP contribution < -0.4 is 11.5 Å². The normalized spacial score (nSPS) is 12.9. The summed E-state index contributed by atoms with van der Waals surface area (Å²) in [5.74, 6) is -3.93. The molecule has 0 spiro atoms. The quantitative estimate of drug-likeness (QED) is 0.0169. The molecule has 0 saturated heterocycles. The molecule has 0 aromatic heterocycles. The number of hydrogen-bond donors (Lipinski definition) is 9. The van der Waals surface area contributed by atoms with Gasteiger partial charge in [-0.25, -0.2) is 30.0 Å². The van der Waals surface area contributed by atoms with Crippen LogP contribution in [-0.2, 0) is 83.5 Å². The molecule has 0 unspecified atom stereocenters. The van der Waals surface area contributed by atoms with E-state index in [9.17, 15) is 66.8 Å². The van der Waals surface area contributed by atoms with Gasteiger partial charge in [0.25, 0.3) is 10.1 Å².